The van der Waals surface area contributed by atoms with Crippen LogP contribution in [-0.2, 0) is 17.6 Å². The molecular formula is C23H24FN5O. The van der Waals surface area contributed by atoms with Gasteiger partial charge in [0.05, 0.1) is 0 Å². The lowest BCUT2D eigenvalue weighted by molar-refractivity contribution is -0.117. The quantitative estimate of drug-likeness (QED) is 0.713. The predicted octanol–water partition coefficient (Wildman–Crippen LogP) is 4.02. The number of aromatic nitrogens is 3. The molecule has 7 heteroatoms. The van der Waals surface area contributed by atoms with Crippen LogP contribution in [0.25, 0.3) is 11.5 Å². The first-order chi connectivity index (χ1) is 14.7. The van der Waals surface area contributed by atoms with Crippen LogP contribution < -0.4 is 10.2 Å². The van der Waals surface area contributed by atoms with E-state index in [9.17, 15) is 9.18 Å². The van der Waals surface area contributed by atoms with Gasteiger partial charge in [0.15, 0.2) is 5.82 Å². The Morgan fingerprint density at radius 1 is 1.00 bits per heavy atom. The number of fused-ring (bicyclic) bond motifs is 1. The van der Waals surface area contributed by atoms with E-state index >= 15 is 0 Å². The van der Waals surface area contributed by atoms with Gasteiger partial charge in [-0.1, -0.05) is 6.07 Å². The molecular weight excluding hydrogens is 381 g/mol. The summed E-state index contributed by atoms with van der Waals surface area (Å²) < 4.78 is 12.6. The Hall–Kier alpha value is -3.35. The van der Waals surface area contributed by atoms with Gasteiger partial charge in [-0.05, 0) is 62.1 Å². The maximum absolute atomic E-state index is 12.6. The highest BCUT2D eigenvalue weighted by Crippen LogP contribution is 2.28. The second-order valence-electron chi connectivity index (χ2n) is 7.26. The zero-order valence-electron chi connectivity index (χ0n) is 16.9. The van der Waals surface area contributed by atoms with E-state index < -0.39 is 0 Å². The first kappa shape index (κ1) is 19.9. The molecule has 5 rings (SSSR count). The average molecular weight is 405 g/mol. The molecule has 1 N–H and O–H groups in total. The number of rotatable bonds is 3. The fourth-order valence-electron chi connectivity index (χ4n) is 3.79. The van der Waals surface area contributed by atoms with Crippen LogP contribution in [0.3, 0.4) is 0 Å². The molecule has 1 aliphatic heterocycles. The van der Waals surface area contributed by atoms with Gasteiger partial charge in [0, 0.05) is 43.2 Å². The number of benzene rings is 1. The number of hydrogen-bond donors (Lipinski definition) is 1. The molecule has 1 aliphatic carbocycles. The van der Waals surface area contributed by atoms with Crippen molar-refractivity contribution in [1.29, 1.82) is 0 Å². The maximum Gasteiger partial charge on any atom is 0.227 e. The van der Waals surface area contributed by atoms with Gasteiger partial charge in [-0.15, -0.1) is 0 Å². The molecule has 1 saturated heterocycles. The lowest BCUT2D eigenvalue weighted by Gasteiger charge is -2.14. The topological polar surface area (TPSA) is 71.0 Å². The molecule has 0 bridgehead atoms. The largest absolute Gasteiger partial charge is 0.373 e. The molecule has 3 aromatic rings. The van der Waals surface area contributed by atoms with Crippen LogP contribution in [0.1, 0.15) is 30.5 Å². The smallest absolute Gasteiger partial charge is 0.227 e. The molecule has 1 amide bonds. The molecule has 30 heavy (non-hydrogen) atoms. The minimum absolute atomic E-state index is 0.131. The first-order valence-electron chi connectivity index (χ1n) is 10.2. The lowest BCUT2D eigenvalue weighted by Crippen LogP contribution is -2.23. The Balaban J connectivity index is 0.000000151. The Morgan fingerprint density at radius 2 is 1.83 bits per heavy atom. The van der Waals surface area contributed by atoms with E-state index in [1.54, 1.807) is 23.2 Å². The van der Waals surface area contributed by atoms with Gasteiger partial charge in [0.2, 0.25) is 5.91 Å². The number of aryl methyl sites for hydroxylation is 1. The molecule has 154 valence electrons. The Morgan fingerprint density at radius 3 is 2.50 bits per heavy atom. The highest BCUT2D eigenvalue weighted by molar-refractivity contribution is 5.95. The van der Waals surface area contributed by atoms with E-state index in [1.807, 2.05) is 25.2 Å². The molecule has 1 aromatic carbocycles. The van der Waals surface area contributed by atoms with Crippen molar-refractivity contribution in [3.63, 3.8) is 0 Å². The van der Waals surface area contributed by atoms with Crippen LogP contribution in [0.4, 0.5) is 15.9 Å². The van der Waals surface area contributed by atoms with E-state index in [0.29, 0.717) is 6.42 Å². The summed E-state index contributed by atoms with van der Waals surface area (Å²) in [4.78, 5) is 26.4. The van der Waals surface area contributed by atoms with Gasteiger partial charge in [-0.25, -0.2) is 14.4 Å². The fraction of sp³-hybridized carbons (Fsp3) is 0.304. The van der Waals surface area contributed by atoms with Crippen LogP contribution in [0.15, 0.2) is 48.7 Å². The van der Waals surface area contributed by atoms with Crippen molar-refractivity contribution < 1.29 is 9.18 Å². The molecule has 2 aliphatic rings. The number of nitrogens with one attached hydrogen (secondary N) is 1. The molecule has 0 unspecified atom stereocenters. The standard InChI is InChI=1S/C13H14N4.C10H10FNO/c1-14-12-9-5-4-7-10(9)16-13(17-12)11-6-2-3-8-15-11;11-8-3-5-9(6-4-8)12-7-1-2-10(12)13/h2-3,6,8H,4-5,7H2,1H3,(H,14,16,17);3-6H,1-2,7H2. The van der Waals surface area contributed by atoms with E-state index in [-0.39, 0.29) is 11.7 Å². The van der Waals surface area contributed by atoms with E-state index in [2.05, 4.69) is 20.3 Å². The van der Waals surface area contributed by atoms with Crippen LogP contribution in [0.5, 0.6) is 0 Å². The molecule has 3 heterocycles. The van der Waals surface area contributed by atoms with Gasteiger partial charge < -0.3 is 10.2 Å². The third kappa shape index (κ3) is 4.30. The normalized spacial score (nSPS) is 14.9. The molecule has 2 aromatic heterocycles. The molecule has 6 nitrogen and oxygen atoms in total. The Bertz CT molecular complexity index is 1020. The summed E-state index contributed by atoms with van der Waals surface area (Å²) in [6.07, 6.45) is 6.57. The van der Waals surface area contributed by atoms with Crippen LogP contribution >= 0.6 is 0 Å². The second-order valence-corrected chi connectivity index (χ2v) is 7.26. The van der Waals surface area contributed by atoms with Crippen molar-refractivity contribution in [3.05, 3.63) is 65.7 Å². The van der Waals surface area contributed by atoms with Gasteiger partial charge in [-0.2, -0.15) is 0 Å². The van der Waals surface area contributed by atoms with E-state index in [4.69, 9.17) is 0 Å². The summed E-state index contributed by atoms with van der Waals surface area (Å²) in [5.74, 6) is 1.53. The monoisotopic (exact) mass is 405 g/mol. The lowest BCUT2D eigenvalue weighted by atomic mass is 10.2. The Labute approximate surface area is 175 Å². The van der Waals surface area contributed by atoms with Crippen molar-refractivity contribution >= 4 is 17.4 Å². The number of halogens is 1. The Kier molecular flexibility index (Phi) is 5.97. The highest BCUT2D eigenvalue weighted by Gasteiger charge is 2.21. The zero-order valence-corrected chi connectivity index (χ0v) is 16.9. The number of pyridine rings is 1. The van der Waals surface area contributed by atoms with Crippen molar-refractivity contribution in [2.45, 2.75) is 32.1 Å². The number of nitrogens with zero attached hydrogens (tertiary/aromatic N) is 4. The van der Waals surface area contributed by atoms with Gasteiger partial charge in [0.25, 0.3) is 0 Å². The number of carbonyl (C=O) groups is 1. The third-order valence-corrected chi connectivity index (χ3v) is 5.28. The predicted molar refractivity (Wildman–Crippen MR) is 115 cm³/mol. The molecule has 0 radical (unpaired) electrons. The minimum Gasteiger partial charge on any atom is -0.373 e. The maximum atomic E-state index is 12.6. The fourth-order valence-corrected chi connectivity index (χ4v) is 3.79. The van der Waals surface area contributed by atoms with Crippen LogP contribution in [0, 0.1) is 5.82 Å². The number of hydrogen-bond acceptors (Lipinski definition) is 5. The number of carbonyl (C=O) groups excluding carboxylic acids is 1. The van der Waals surface area contributed by atoms with E-state index in [0.717, 1.165) is 48.8 Å². The number of anilines is 2. The van der Waals surface area contributed by atoms with Crippen molar-refractivity contribution in [1.82, 2.24) is 15.0 Å². The van der Waals surface area contributed by atoms with E-state index in [1.165, 1.54) is 29.8 Å². The summed E-state index contributed by atoms with van der Waals surface area (Å²) in [6.45, 7) is 0.754. The SMILES string of the molecule is CNc1nc(-c2ccccn2)nc2c1CCC2.O=C1CCCN1c1ccc(F)cc1. The average Bonchev–Trinajstić information content (AvgIpc) is 3.43. The summed E-state index contributed by atoms with van der Waals surface area (Å²) >= 11 is 0. The van der Waals surface area contributed by atoms with Crippen molar-refractivity contribution in [3.8, 4) is 11.5 Å². The first-order valence-corrected chi connectivity index (χ1v) is 10.2. The van der Waals surface area contributed by atoms with Crippen LogP contribution in [-0.4, -0.2) is 34.5 Å². The summed E-state index contributed by atoms with van der Waals surface area (Å²) in [5, 5.41) is 3.16. The number of amides is 1. The van der Waals surface area contributed by atoms with Crippen molar-refractivity contribution in [2.24, 2.45) is 0 Å². The third-order valence-electron chi connectivity index (χ3n) is 5.28. The van der Waals surface area contributed by atoms with Crippen LogP contribution in [0.2, 0.25) is 0 Å². The molecule has 0 atom stereocenters. The summed E-state index contributed by atoms with van der Waals surface area (Å²) in [5.41, 5.74) is 4.07. The zero-order chi connectivity index (χ0) is 20.9. The molecule has 0 spiro atoms. The van der Waals surface area contributed by atoms with Gasteiger partial charge in [-0.3, -0.25) is 9.78 Å². The molecule has 1 fully saturated rings. The molecule has 0 saturated carbocycles. The second kappa shape index (κ2) is 8.98. The summed E-state index contributed by atoms with van der Waals surface area (Å²) in [7, 11) is 1.91. The highest BCUT2D eigenvalue weighted by atomic mass is 19.1. The van der Waals surface area contributed by atoms with Gasteiger partial charge >= 0.3 is 0 Å². The van der Waals surface area contributed by atoms with Gasteiger partial charge in [0.1, 0.15) is 17.3 Å². The van der Waals surface area contributed by atoms with Crippen molar-refractivity contribution in [2.75, 3.05) is 23.8 Å². The minimum atomic E-state index is -0.268. The summed E-state index contributed by atoms with van der Waals surface area (Å²) in [6, 6.07) is 11.8.